The van der Waals surface area contributed by atoms with Gasteiger partial charge < -0.3 is 9.15 Å². The van der Waals surface area contributed by atoms with Crippen LogP contribution in [0.1, 0.15) is 11.3 Å². The molecule has 0 spiro atoms. The molecule has 0 saturated carbocycles. The van der Waals surface area contributed by atoms with Crippen LogP contribution in [-0.4, -0.2) is 35.9 Å². The molecule has 9 nitrogen and oxygen atoms in total. The number of ether oxygens (including phenoxy) is 1. The van der Waals surface area contributed by atoms with E-state index in [-0.39, 0.29) is 11.4 Å². The lowest BCUT2D eigenvalue weighted by Gasteiger charge is -2.15. The number of sulfonamides is 1. The van der Waals surface area contributed by atoms with Crippen molar-refractivity contribution >= 4 is 21.1 Å². The van der Waals surface area contributed by atoms with Crippen molar-refractivity contribution in [3.05, 3.63) is 46.2 Å². The van der Waals surface area contributed by atoms with E-state index in [0.29, 0.717) is 30.9 Å². The molecule has 1 aromatic carbocycles. The van der Waals surface area contributed by atoms with Crippen molar-refractivity contribution in [3.63, 3.8) is 0 Å². The van der Waals surface area contributed by atoms with Gasteiger partial charge in [-0.05, 0) is 18.2 Å². The van der Waals surface area contributed by atoms with Crippen LogP contribution in [0.3, 0.4) is 0 Å². The van der Waals surface area contributed by atoms with Crippen LogP contribution in [0.4, 0.5) is 0 Å². The molecule has 1 N–H and O–H groups in total. The average molecular weight is 378 g/mol. The quantitative estimate of drug-likeness (QED) is 0.688. The highest BCUT2D eigenvalue weighted by atomic mass is 32.2. The number of fused-ring (bicyclic) bond motifs is 2. The van der Waals surface area contributed by atoms with E-state index in [9.17, 15) is 13.2 Å². The lowest BCUT2D eigenvalue weighted by Crippen LogP contribution is -2.28. The summed E-state index contributed by atoms with van der Waals surface area (Å²) in [6.07, 6.45) is 2.53. The van der Waals surface area contributed by atoms with Gasteiger partial charge in [0.2, 0.25) is 10.0 Å². The largest absolute Gasteiger partial charge is 0.419 e. The van der Waals surface area contributed by atoms with Crippen LogP contribution in [0.15, 0.2) is 38.5 Å². The number of aryl methyl sites for hydroxylation is 1. The second-order valence-corrected chi connectivity index (χ2v) is 7.86. The van der Waals surface area contributed by atoms with E-state index < -0.39 is 15.8 Å². The first-order chi connectivity index (χ1) is 12.5. The molecule has 3 aromatic rings. The van der Waals surface area contributed by atoms with Gasteiger partial charge >= 0.3 is 5.76 Å². The number of hydrogen-bond donors (Lipinski definition) is 1. The molecular weight excluding hydrogens is 360 g/mol. The number of nitrogens with zero attached hydrogens (tertiary/aromatic N) is 3. The molecule has 0 radical (unpaired) electrons. The van der Waals surface area contributed by atoms with Gasteiger partial charge in [-0.15, -0.1) is 0 Å². The summed E-state index contributed by atoms with van der Waals surface area (Å²) >= 11 is 0. The monoisotopic (exact) mass is 378 g/mol. The van der Waals surface area contributed by atoms with Crippen LogP contribution >= 0.6 is 0 Å². The maximum Gasteiger partial charge on any atom is 0.419 e. The number of aromatic nitrogens is 3. The molecular formula is C16H18N4O5S. The van der Waals surface area contributed by atoms with E-state index in [0.717, 1.165) is 17.7 Å². The summed E-state index contributed by atoms with van der Waals surface area (Å²) in [5.41, 5.74) is 2.91. The number of rotatable bonds is 5. The van der Waals surface area contributed by atoms with Gasteiger partial charge in [0.1, 0.15) is 0 Å². The zero-order valence-electron chi connectivity index (χ0n) is 14.1. The molecule has 2 aromatic heterocycles. The second-order valence-electron chi connectivity index (χ2n) is 6.10. The van der Waals surface area contributed by atoms with Crippen LogP contribution in [0, 0.1) is 0 Å². The first-order valence-corrected chi connectivity index (χ1v) is 9.64. The van der Waals surface area contributed by atoms with E-state index in [4.69, 9.17) is 9.15 Å². The third kappa shape index (κ3) is 2.96. The number of benzene rings is 1. The maximum absolute atomic E-state index is 12.5. The van der Waals surface area contributed by atoms with Crippen LogP contribution in [0.2, 0.25) is 0 Å². The molecule has 0 bridgehead atoms. The Balaban J connectivity index is 1.50. The van der Waals surface area contributed by atoms with Gasteiger partial charge in [0.25, 0.3) is 0 Å². The molecule has 1 aliphatic heterocycles. The lowest BCUT2D eigenvalue weighted by molar-refractivity contribution is 0.109. The summed E-state index contributed by atoms with van der Waals surface area (Å²) in [5, 5.41) is 4.30. The minimum atomic E-state index is -3.71. The fourth-order valence-corrected chi connectivity index (χ4v) is 4.09. The highest BCUT2D eigenvalue weighted by Crippen LogP contribution is 2.18. The van der Waals surface area contributed by atoms with Crippen LogP contribution in [0.25, 0.3) is 11.1 Å². The first-order valence-electron chi connectivity index (χ1n) is 8.16. The fourth-order valence-electron chi connectivity index (χ4n) is 3.05. The Morgan fingerprint density at radius 2 is 2.19 bits per heavy atom. The van der Waals surface area contributed by atoms with Crippen LogP contribution in [0.5, 0.6) is 0 Å². The minimum Gasteiger partial charge on any atom is -0.408 e. The summed E-state index contributed by atoms with van der Waals surface area (Å²) in [5.74, 6) is -0.532. The van der Waals surface area contributed by atoms with Gasteiger partial charge in [0.05, 0.1) is 36.4 Å². The SMILES string of the molecule is Cn1c(=O)oc2ccc(S(=O)(=O)NCCn3ncc4c3CCOC4)cc21. The predicted octanol–water partition coefficient (Wildman–Crippen LogP) is 0.379. The summed E-state index contributed by atoms with van der Waals surface area (Å²) in [6, 6.07) is 4.32. The van der Waals surface area contributed by atoms with Crippen molar-refractivity contribution in [1.82, 2.24) is 19.1 Å². The van der Waals surface area contributed by atoms with Crippen molar-refractivity contribution in [2.24, 2.45) is 7.05 Å². The van der Waals surface area contributed by atoms with E-state index >= 15 is 0 Å². The third-order valence-corrected chi connectivity index (χ3v) is 5.92. The van der Waals surface area contributed by atoms with E-state index in [1.165, 1.54) is 29.8 Å². The molecule has 4 rings (SSSR count). The first kappa shape index (κ1) is 17.0. The van der Waals surface area contributed by atoms with Gasteiger partial charge in [-0.2, -0.15) is 5.10 Å². The Hall–Kier alpha value is -2.43. The molecule has 0 unspecified atom stereocenters. The molecule has 0 amide bonds. The molecule has 3 heterocycles. The average Bonchev–Trinajstić information content (AvgIpc) is 3.16. The van der Waals surface area contributed by atoms with Gasteiger partial charge in [0, 0.05) is 31.3 Å². The van der Waals surface area contributed by atoms with Crippen molar-refractivity contribution in [3.8, 4) is 0 Å². The van der Waals surface area contributed by atoms with Gasteiger partial charge in [0.15, 0.2) is 5.58 Å². The van der Waals surface area contributed by atoms with Crippen molar-refractivity contribution in [1.29, 1.82) is 0 Å². The molecule has 10 heteroatoms. The van der Waals surface area contributed by atoms with Gasteiger partial charge in [-0.25, -0.2) is 17.9 Å². The van der Waals surface area contributed by atoms with Crippen molar-refractivity contribution in [2.75, 3.05) is 13.2 Å². The van der Waals surface area contributed by atoms with Crippen LogP contribution in [-0.2, 0) is 41.4 Å². The molecule has 26 heavy (non-hydrogen) atoms. The Morgan fingerprint density at radius 1 is 1.35 bits per heavy atom. The highest BCUT2D eigenvalue weighted by molar-refractivity contribution is 7.89. The molecule has 1 aliphatic rings. The normalized spacial score (nSPS) is 14.7. The zero-order valence-corrected chi connectivity index (χ0v) is 15.0. The summed E-state index contributed by atoms with van der Waals surface area (Å²) in [4.78, 5) is 11.6. The lowest BCUT2D eigenvalue weighted by atomic mass is 10.2. The van der Waals surface area contributed by atoms with Gasteiger partial charge in [-0.3, -0.25) is 9.25 Å². The number of hydrogen-bond acceptors (Lipinski definition) is 6. The van der Waals surface area contributed by atoms with E-state index in [1.54, 1.807) is 6.20 Å². The fraction of sp³-hybridized carbons (Fsp3) is 0.375. The van der Waals surface area contributed by atoms with E-state index in [1.807, 2.05) is 4.68 Å². The minimum absolute atomic E-state index is 0.0808. The highest BCUT2D eigenvalue weighted by Gasteiger charge is 2.18. The summed E-state index contributed by atoms with van der Waals surface area (Å²) in [7, 11) is -2.18. The Kier molecular flexibility index (Phi) is 4.17. The zero-order chi connectivity index (χ0) is 18.3. The maximum atomic E-state index is 12.5. The molecule has 0 atom stereocenters. The molecule has 138 valence electrons. The standard InChI is InChI=1S/C16H18N4O5S/c1-19-14-8-12(2-3-15(14)25-16(19)21)26(22,23)18-5-6-20-13-4-7-24-10-11(13)9-17-20/h2-3,8-9,18H,4-7,10H2,1H3. The number of nitrogens with one attached hydrogen (secondary N) is 1. The Bertz CT molecular complexity index is 1130. The second kappa shape index (κ2) is 6.38. The molecule has 0 aliphatic carbocycles. The number of oxazole rings is 1. The Morgan fingerprint density at radius 3 is 3.04 bits per heavy atom. The smallest absolute Gasteiger partial charge is 0.408 e. The van der Waals surface area contributed by atoms with Crippen LogP contribution < -0.4 is 10.5 Å². The summed E-state index contributed by atoms with van der Waals surface area (Å²) < 4.78 is 41.1. The topological polar surface area (TPSA) is 108 Å². The summed E-state index contributed by atoms with van der Waals surface area (Å²) in [6.45, 7) is 1.83. The van der Waals surface area contributed by atoms with Crippen molar-refractivity contribution in [2.45, 2.75) is 24.5 Å². The predicted molar refractivity (Wildman–Crippen MR) is 92.2 cm³/mol. The third-order valence-electron chi connectivity index (χ3n) is 4.46. The van der Waals surface area contributed by atoms with Crippen molar-refractivity contribution < 1.29 is 17.6 Å². The molecule has 0 fully saturated rings. The van der Waals surface area contributed by atoms with Gasteiger partial charge in [-0.1, -0.05) is 0 Å². The molecule has 0 saturated heterocycles. The van der Waals surface area contributed by atoms with E-state index in [2.05, 4.69) is 9.82 Å². The Labute approximate surface area is 149 Å².